The van der Waals surface area contributed by atoms with Crippen LogP contribution in [0.25, 0.3) is 0 Å². The van der Waals surface area contributed by atoms with Crippen molar-refractivity contribution in [3.05, 3.63) is 28.2 Å². The van der Waals surface area contributed by atoms with Gasteiger partial charge in [0.25, 0.3) is 11.5 Å². The second-order valence-electron chi connectivity index (χ2n) is 5.62. The fourth-order valence-corrected chi connectivity index (χ4v) is 2.88. The number of amides is 1. The van der Waals surface area contributed by atoms with Gasteiger partial charge < -0.3 is 10.4 Å². The molecule has 116 valence electrons. The van der Waals surface area contributed by atoms with Gasteiger partial charge in [-0.3, -0.25) is 9.59 Å². The lowest BCUT2D eigenvalue weighted by Crippen LogP contribution is -2.34. The van der Waals surface area contributed by atoms with Crippen molar-refractivity contribution in [1.82, 2.24) is 15.1 Å². The standard InChI is InChI=1S/C15H23N3O3/c1-2-8-18-14(20)7-6-13(17-18)15(21)16-9-11-4-3-5-12(11)10-19/h6-7,11-12,19H,2-5,8-10H2,1H3,(H,16,21). The number of rotatable bonds is 6. The topological polar surface area (TPSA) is 84.2 Å². The monoisotopic (exact) mass is 293 g/mol. The summed E-state index contributed by atoms with van der Waals surface area (Å²) in [5, 5.41) is 16.2. The molecular formula is C15H23N3O3. The predicted octanol–water partition coefficient (Wildman–Crippen LogP) is 0.792. The molecule has 2 rings (SSSR count). The van der Waals surface area contributed by atoms with Gasteiger partial charge in [-0.1, -0.05) is 13.3 Å². The molecule has 6 heteroatoms. The first-order valence-corrected chi connectivity index (χ1v) is 7.63. The molecule has 1 fully saturated rings. The van der Waals surface area contributed by atoms with Crippen molar-refractivity contribution < 1.29 is 9.90 Å². The second-order valence-corrected chi connectivity index (χ2v) is 5.62. The Hall–Kier alpha value is -1.69. The molecule has 1 aliphatic rings. The van der Waals surface area contributed by atoms with E-state index >= 15 is 0 Å². The van der Waals surface area contributed by atoms with Gasteiger partial charge in [0.1, 0.15) is 5.69 Å². The van der Waals surface area contributed by atoms with Crippen LogP contribution in [0.15, 0.2) is 16.9 Å². The Bertz CT molecular complexity index is 541. The number of carbonyl (C=O) groups excluding carboxylic acids is 1. The number of hydrogen-bond donors (Lipinski definition) is 2. The summed E-state index contributed by atoms with van der Waals surface area (Å²) in [7, 11) is 0. The van der Waals surface area contributed by atoms with E-state index in [-0.39, 0.29) is 29.7 Å². The first-order chi connectivity index (χ1) is 10.2. The number of aryl methyl sites for hydroxylation is 1. The molecular weight excluding hydrogens is 270 g/mol. The Labute approximate surface area is 124 Å². The van der Waals surface area contributed by atoms with Crippen LogP contribution in [0.5, 0.6) is 0 Å². The summed E-state index contributed by atoms with van der Waals surface area (Å²) >= 11 is 0. The van der Waals surface area contributed by atoms with Crippen LogP contribution in [0.2, 0.25) is 0 Å². The third-order valence-electron chi connectivity index (χ3n) is 4.11. The van der Waals surface area contributed by atoms with Crippen molar-refractivity contribution in [3.63, 3.8) is 0 Å². The summed E-state index contributed by atoms with van der Waals surface area (Å²) in [6, 6.07) is 2.84. The second kappa shape index (κ2) is 7.36. The van der Waals surface area contributed by atoms with Gasteiger partial charge in [-0.25, -0.2) is 4.68 Å². The first kappa shape index (κ1) is 15.7. The van der Waals surface area contributed by atoms with Crippen molar-refractivity contribution in [2.75, 3.05) is 13.2 Å². The lowest BCUT2D eigenvalue weighted by atomic mass is 9.97. The summed E-state index contributed by atoms with van der Waals surface area (Å²) in [6.45, 7) is 3.20. The maximum absolute atomic E-state index is 12.1. The number of aromatic nitrogens is 2. The van der Waals surface area contributed by atoms with Crippen LogP contribution in [0, 0.1) is 11.8 Å². The summed E-state index contributed by atoms with van der Waals surface area (Å²) in [5.74, 6) is 0.358. The van der Waals surface area contributed by atoms with Gasteiger partial charge in [-0.05, 0) is 37.2 Å². The minimum Gasteiger partial charge on any atom is -0.396 e. The zero-order chi connectivity index (χ0) is 15.2. The maximum Gasteiger partial charge on any atom is 0.271 e. The molecule has 1 aliphatic carbocycles. The van der Waals surface area contributed by atoms with Crippen LogP contribution in [0.1, 0.15) is 43.1 Å². The molecule has 1 heterocycles. The lowest BCUT2D eigenvalue weighted by Gasteiger charge is -2.17. The molecule has 0 saturated heterocycles. The fraction of sp³-hybridized carbons (Fsp3) is 0.667. The van der Waals surface area contributed by atoms with Crippen molar-refractivity contribution >= 4 is 5.91 Å². The van der Waals surface area contributed by atoms with E-state index in [0.717, 1.165) is 25.7 Å². The van der Waals surface area contributed by atoms with Gasteiger partial charge in [0.15, 0.2) is 0 Å². The molecule has 0 radical (unpaired) electrons. The molecule has 0 aromatic carbocycles. The highest BCUT2D eigenvalue weighted by Gasteiger charge is 2.27. The molecule has 0 spiro atoms. The SMILES string of the molecule is CCCn1nc(C(=O)NCC2CCCC2CO)ccc1=O. The zero-order valence-corrected chi connectivity index (χ0v) is 12.4. The van der Waals surface area contributed by atoms with Crippen molar-refractivity contribution in [2.24, 2.45) is 11.8 Å². The van der Waals surface area contributed by atoms with Crippen LogP contribution in [0.3, 0.4) is 0 Å². The molecule has 1 amide bonds. The average Bonchev–Trinajstić information content (AvgIpc) is 2.94. The van der Waals surface area contributed by atoms with Gasteiger partial charge in [0.2, 0.25) is 0 Å². The zero-order valence-electron chi connectivity index (χ0n) is 12.4. The molecule has 1 saturated carbocycles. The molecule has 6 nitrogen and oxygen atoms in total. The number of hydrogen-bond acceptors (Lipinski definition) is 4. The molecule has 2 unspecified atom stereocenters. The Balaban J connectivity index is 1.97. The number of nitrogens with zero attached hydrogens (tertiary/aromatic N) is 2. The third kappa shape index (κ3) is 3.91. The normalized spacial score (nSPS) is 21.4. The highest BCUT2D eigenvalue weighted by molar-refractivity contribution is 5.91. The van der Waals surface area contributed by atoms with Gasteiger partial charge in [-0.15, -0.1) is 0 Å². The minimum atomic E-state index is -0.261. The maximum atomic E-state index is 12.1. The summed E-state index contributed by atoms with van der Waals surface area (Å²) < 4.78 is 1.32. The minimum absolute atomic E-state index is 0.181. The van der Waals surface area contributed by atoms with Crippen molar-refractivity contribution in [2.45, 2.75) is 39.2 Å². The van der Waals surface area contributed by atoms with Gasteiger partial charge in [0, 0.05) is 25.8 Å². The summed E-state index contributed by atoms with van der Waals surface area (Å²) in [4.78, 5) is 23.7. The van der Waals surface area contributed by atoms with E-state index in [0.29, 0.717) is 19.0 Å². The molecule has 0 aliphatic heterocycles. The van der Waals surface area contributed by atoms with Gasteiger partial charge in [0.05, 0.1) is 0 Å². The van der Waals surface area contributed by atoms with Gasteiger partial charge >= 0.3 is 0 Å². The molecule has 0 bridgehead atoms. The van der Waals surface area contributed by atoms with Crippen molar-refractivity contribution in [3.8, 4) is 0 Å². The van der Waals surface area contributed by atoms with Crippen LogP contribution in [-0.4, -0.2) is 33.9 Å². The molecule has 2 N–H and O–H groups in total. The van der Waals surface area contributed by atoms with E-state index in [2.05, 4.69) is 10.4 Å². The van der Waals surface area contributed by atoms with E-state index < -0.39 is 0 Å². The number of nitrogens with one attached hydrogen (secondary N) is 1. The Morgan fingerprint density at radius 1 is 1.43 bits per heavy atom. The summed E-state index contributed by atoms with van der Waals surface area (Å²) in [6.07, 6.45) is 3.95. The summed E-state index contributed by atoms with van der Waals surface area (Å²) in [5.41, 5.74) is 0.0751. The van der Waals surface area contributed by atoms with Crippen LogP contribution in [-0.2, 0) is 6.54 Å². The number of aliphatic hydroxyl groups excluding tert-OH is 1. The smallest absolute Gasteiger partial charge is 0.271 e. The third-order valence-corrected chi connectivity index (χ3v) is 4.11. The van der Waals surface area contributed by atoms with E-state index in [1.54, 1.807) is 0 Å². The molecule has 1 aromatic rings. The van der Waals surface area contributed by atoms with Gasteiger partial charge in [-0.2, -0.15) is 5.10 Å². The fourth-order valence-electron chi connectivity index (χ4n) is 2.88. The van der Waals surface area contributed by atoms with Crippen LogP contribution >= 0.6 is 0 Å². The largest absolute Gasteiger partial charge is 0.396 e. The Morgan fingerprint density at radius 3 is 2.90 bits per heavy atom. The van der Waals surface area contributed by atoms with Crippen LogP contribution < -0.4 is 10.9 Å². The Kier molecular flexibility index (Phi) is 5.50. The van der Waals surface area contributed by atoms with E-state index in [9.17, 15) is 14.7 Å². The van der Waals surface area contributed by atoms with Crippen LogP contribution in [0.4, 0.5) is 0 Å². The average molecular weight is 293 g/mol. The lowest BCUT2D eigenvalue weighted by molar-refractivity contribution is 0.0930. The number of carbonyl (C=O) groups is 1. The van der Waals surface area contributed by atoms with E-state index in [1.165, 1.54) is 16.8 Å². The molecule has 2 atom stereocenters. The number of aliphatic hydroxyl groups is 1. The van der Waals surface area contributed by atoms with E-state index in [4.69, 9.17) is 0 Å². The molecule has 21 heavy (non-hydrogen) atoms. The quantitative estimate of drug-likeness (QED) is 0.812. The highest BCUT2D eigenvalue weighted by Crippen LogP contribution is 2.30. The molecule has 1 aromatic heterocycles. The van der Waals surface area contributed by atoms with E-state index in [1.807, 2.05) is 6.92 Å². The predicted molar refractivity (Wildman–Crippen MR) is 79.0 cm³/mol. The first-order valence-electron chi connectivity index (χ1n) is 7.63. The van der Waals surface area contributed by atoms with Crippen molar-refractivity contribution in [1.29, 1.82) is 0 Å². The highest BCUT2D eigenvalue weighted by atomic mass is 16.3. The Morgan fingerprint density at radius 2 is 2.19 bits per heavy atom.